The van der Waals surface area contributed by atoms with Crippen LogP contribution >= 0.6 is 0 Å². The van der Waals surface area contributed by atoms with Gasteiger partial charge in [-0.25, -0.2) is 4.98 Å². The zero-order valence-corrected chi connectivity index (χ0v) is 14.4. The van der Waals surface area contributed by atoms with Crippen molar-refractivity contribution in [3.63, 3.8) is 0 Å². The van der Waals surface area contributed by atoms with Crippen molar-refractivity contribution in [1.29, 1.82) is 0 Å². The summed E-state index contributed by atoms with van der Waals surface area (Å²) < 4.78 is 16.6. The summed E-state index contributed by atoms with van der Waals surface area (Å²) in [6.45, 7) is 5.94. The molecule has 1 atom stereocenters. The number of hydrogen-bond donors (Lipinski definition) is 1. The lowest BCUT2D eigenvalue weighted by Crippen LogP contribution is -2.41. The van der Waals surface area contributed by atoms with E-state index in [4.69, 9.17) is 13.9 Å². The van der Waals surface area contributed by atoms with Crippen LogP contribution in [-0.2, 0) is 6.42 Å². The first-order valence-corrected chi connectivity index (χ1v) is 8.03. The van der Waals surface area contributed by atoms with Gasteiger partial charge in [-0.2, -0.15) is 0 Å². The molecule has 3 rings (SSSR count). The van der Waals surface area contributed by atoms with Gasteiger partial charge in [-0.1, -0.05) is 6.92 Å². The molecule has 1 aromatic carbocycles. The molecular weight excluding hydrogens is 308 g/mol. The summed E-state index contributed by atoms with van der Waals surface area (Å²) >= 11 is 0. The number of oxazole rings is 1. The van der Waals surface area contributed by atoms with E-state index in [1.54, 1.807) is 7.11 Å². The van der Waals surface area contributed by atoms with Gasteiger partial charge in [0, 0.05) is 18.4 Å². The quantitative estimate of drug-likeness (QED) is 0.931. The Bertz CT molecular complexity index is 751. The van der Waals surface area contributed by atoms with E-state index in [1.165, 1.54) is 6.39 Å². The average molecular weight is 330 g/mol. The summed E-state index contributed by atoms with van der Waals surface area (Å²) in [6, 6.07) is 5.44. The number of carbonyl (C=O) groups is 1. The maximum atomic E-state index is 12.6. The molecule has 24 heavy (non-hydrogen) atoms. The predicted molar refractivity (Wildman–Crippen MR) is 88.4 cm³/mol. The molecule has 6 heteroatoms. The van der Waals surface area contributed by atoms with Gasteiger partial charge in [0.05, 0.1) is 13.2 Å². The van der Waals surface area contributed by atoms with E-state index in [-0.39, 0.29) is 17.6 Å². The van der Waals surface area contributed by atoms with Crippen LogP contribution in [0.2, 0.25) is 0 Å². The third-order valence-electron chi connectivity index (χ3n) is 4.16. The van der Waals surface area contributed by atoms with Crippen LogP contribution in [0.3, 0.4) is 0 Å². The summed E-state index contributed by atoms with van der Waals surface area (Å²) in [5.41, 5.74) is 0.867. The normalized spacial score (nSPS) is 18.4. The molecule has 128 valence electrons. The third kappa shape index (κ3) is 3.09. The molecule has 1 aliphatic heterocycles. The molecule has 0 aliphatic carbocycles. The van der Waals surface area contributed by atoms with Gasteiger partial charge >= 0.3 is 0 Å². The summed E-state index contributed by atoms with van der Waals surface area (Å²) in [4.78, 5) is 16.7. The van der Waals surface area contributed by atoms with Gasteiger partial charge in [0.2, 0.25) is 0 Å². The first-order chi connectivity index (χ1) is 11.4. The third-order valence-corrected chi connectivity index (χ3v) is 4.16. The first-order valence-electron chi connectivity index (χ1n) is 8.03. The number of fused-ring (bicyclic) bond motifs is 1. The zero-order chi connectivity index (χ0) is 17.3. The summed E-state index contributed by atoms with van der Waals surface area (Å²) in [5, 5.41) is 3.06. The van der Waals surface area contributed by atoms with Crippen molar-refractivity contribution in [3.05, 3.63) is 41.6 Å². The minimum Gasteiger partial charge on any atom is -0.497 e. The smallest absolute Gasteiger partial charge is 0.274 e. The SMILES string of the molecule is CCc1ocnc1C(=O)NC1CC(C)(C)Oc2ccc(OC)cc21. The highest BCUT2D eigenvalue weighted by molar-refractivity contribution is 5.93. The fourth-order valence-corrected chi connectivity index (χ4v) is 3.02. The van der Waals surface area contributed by atoms with Gasteiger partial charge in [-0.05, 0) is 32.0 Å². The summed E-state index contributed by atoms with van der Waals surface area (Å²) in [7, 11) is 1.62. The number of benzene rings is 1. The maximum absolute atomic E-state index is 12.6. The van der Waals surface area contributed by atoms with E-state index in [2.05, 4.69) is 10.3 Å². The van der Waals surface area contributed by atoms with Crippen molar-refractivity contribution in [3.8, 4) is 11.5 Å². The van der Waals surface area contributed by atoms with Gasteiger partial charge in [0.25, 0.3) is 5.91 Å². The van der Waals surface area contributed by atoms with E-state index in [0.717, 1.165) is 17.1 Å². The van der Waals surface area contributed by atoms with Crippen LogP contribution < -0.4 is 14.8 Å². The molecule has 0 fully saturated rings. The molecule has 0 saturated heterocycles. The number of hydrogen-bond acceptors (Lipinski definition) is 5. The van der Waals surface area contributed by atoms with E-state index in [1.807, 2.05) is 39.0 Å². The number of ether oxygens (including phenoxy) is 2. The second-order valence-electron chi connectivity index (χ2n) is 6.47. The zero-order valence-electron chi connectivity index (χ0n) is 14.4. The Kier molecular flexibility index (Phi) is 4.22. The number of amides is 1. The molecule has 2 aromatic rings. The molecule has 2 heterocycles. The largest absolute Gasteiger partial charge is 0.497 e. The maximum Gasteiger partial charge on any atom is 0.274 e. The fraction of sp³-hybridized carbons (Fsp3) is 0.444. The van der Waals surface area contributed by atoms with Crippen molar-refractivity contribution < 1.29 is 18.7 Å². The van der Waals surface area contributed by atoms with E-state index >= 15 is 0 Å². The number of nitrogens with zero attached hydrogens (tertiary/aromatic N) is 1. The lowest BCUT2D eigenvalue weighted by atomic mass is 9.89. The van der Waals surface area contributed by atoms with Crippen LogP contribution in [0.4, 0.5) is 0 Å². The predicted octanol–water partition coefficient (Wildman–Crippen LogP) is 3.28. The molecule has 1 amide bonds. The molecule has 1 N–H and O–H groups in total. The second kappa shape index (κ2) is 6.19. The molecule has 6 nitrogen and oxygen atoms in total. The Hall–Kier alpha value is -2.50. The van der Waals surface area contributed by atoms with Crippen LogP contribution in [0.1, 0.15) is 55.0 Å². The monoisotopic (exact) mass is 330 g/mol. The van der Waals surface area contributed by atoms with Crippen LogP contribution in [-0.4, -0.2) is 23.6 Å². The number of aryl methyl sites for hydroxylation is 1. The average Bonchev–Trinajstić information content (AvgIpc) is 3.02. The van der Waals surface area contributed by atoms with E-state index in [9.17, 15) is 4.79 Å². The highest BCUT2D eigenvalue weighted by Gasteiger charge is 2.35. The molecule has 1 aliphatic rings. The Morgan fingerprint density at radius 1 is 1.46 bits per heavy atom. The van der Waals surface area contributed by atoms with E-state index < -0.39 is 0 Å². The molecule has 0 bridgehead atoms. The fourth-order valence-electron chi connectivity index (χ4n) is 3.02. The number of rotatable bonds is 4. The van der Waals surface area contributed by atoms with Crippen molar-refractivity contribution in [2.24, 2.45) is 0 Å². The first kappa shape index (κ1) is 16.4. The molecule has 1 aromatic heterocycles. The van der Waals surface area contributed by atoms with Crippen LogP contribution in [0, 0.1) is 0 Å². The number of carbonyl (C=O) groups excluding carboxylic acids is 1. The van der Waals surface area contributed by atoms with Gasteiger partial charge in [-0.3, -0.25) is 4.79 Å². The summed E-state index contributed by atoms with van der Waals surface area (Å²) in [6.07, 6.45) is 2.57. The van der Waals surface area contributed by atoms with Gasteiger partial charge in [0.1, 0.15) is 22.9 Å². The minimum absolute atomic E-state index is 0.187. The lowest BCUT2D eigenvalue weighted by molar-refractivity contribution is 0.0616. The van der Waals surface area contributed by atoms with Crippen molar-refractivity contribution in [1.82, 2.24) is 10.3 Å². The number of methoxy groups -OCH3 is 1. The molecule has 1 unspecified atom stereocenters. The van der Waals surface area contributed by atoms with Crippen molar-refractivity contribution in [2.45, 2.75) is 45.3 Å². The lowest BCUT2D eigenvalue weighted by Gasteiger charge is -2.38. The number of aromatic nitrogens is 1. The molecule has 0 spiro atoms. The van der Waals surface area contributed by atoms with Crippen molar-refractivity contribution >= 4 is 5.91 Å². The topological polar surface area (TPSA) is 73.6 Å². The highest BCUT2D eigenvalue weighted by Crippen LogP contribution is 2.41. The van der Waals surface area contributed by atoms with Crippen LogP contribution in [0.15, 0.2) is 29.0 Å². The van der Waals surface area contributed by atoms with Crippen LogP contribution in [0.25, 0.3) is 0 Å². The Morgan fingerprint density at radius 3 is 2.96 bits per heavy atom. The Morgan fingerprint density at radius 2 is 2.25 bits per heavy atom. The molecule has 0 saturated carbocycles. The summed E-state index contributed by atoms with van der Waals surface area (Å²) in [5.74, 6) is 1.84. The van der Waals surface area contributed by atoms with Gasteiger partial charge in [-0.15, -0.1) is 0 Å². The number of nitrogens with one attached hydrogen (secondary N) is 1. The van der Waals surface area contributed by atoms with Gasteiger partial charge in [0.15, 0.2) is 12.1 Å². The highest BCUT2D eigenvalue weighted by atomic mass is 16.5. The standard InChI is InChI=1S/C18H22N2O4/c1-5-14-16(19-10-23-14)17(21)20-13-9-18(2,3)24-15-7-6-11(22-4)8-12(13)15/h6-8,10,13H,5,9H2,1-4H3,(H,20,21). The Labute approximate surface area is 141 Å². The minimum atomic E-state index is -0.378. The van der Waals surface area contributed by atoms with Gasteiger partial charge < -0.3 is 19.2 Å². The Balaban J connectivity index is 1.91. The van der Waals surface area contributed by atoms with Crippen LogP contribution in [0.5, 0.6) is 11.5 Å². The molecular formula is C18H22N2O4. The van der Waals surface area contributed by atoms with E-state index in [0.29, 0.717) is 24.3 Å². The molecule has 0 radical (unpaired) electrons. The second-order valence-corrected chi connectivity index (χ2v) is 6.47. The van der Waals surface area contributed by atoms with Crippen molar-refractivity contribution in [2.75, 3.05) is 7.11 Å².